The van der Waals surface area contributed by atoms with E-state index in [9.17, 15) is 19.0 Å². The van der Waals surface area contributed by atoms with Crippen molar-refractivity contribution < 1.29 is 37.3 Å². The van der Waals surface area contributed by atoms with Crippen molar-refractivity contribution in [3.63, 3.8) is 0 Å². The first kappa shape index (κ1) is 82.7. The summed E-state index contributed by atoms with van der Waals surface area (Å²) >= 11 is 0. The fourth-order valence-electron chi connectivity index (χ4n) is 9.97. The van der Waals surface area contributed by atoms with Gasteiger partial charge in [-0.3, -0.25) is 14.2 Å². The predicted molar refractivity (Wildman–Crippen MR) is 371 cm³/mol. The third-order valence-corrected chi connectivity index (χ3v) is 16.4. The van der Waals surface area contributed by atoms with E-state index >= 15 is 0 Å². The average Bonchev–Trinajstić information content (AvgIpc) is 3.65. The number of unbranched alkanes of at least 4 members (excludes halogenated alkanes) is 32. The van der Waals surface area contributed by atoms with E-state index in [1.165, 1.54) is 148 Å². The van der Waals surface area contributed by atoms with Crippen molar-refractivity contribution >= 4 is 19.7 Å². The highest BCUT2D eigenvalue weighted by molar-refractivity contribution is 7.45. The lowest BCUT2D eigenvalue weighted by Crippen LogP contribution is -2.47. The lowest BCUT2D eigenvalue weighted by molar-refractivity contribution is -0.870. The zero-order valence-corrected chi connectivity index (χ0v) is 57.6. The fourth-order valence-corrected chi connectivity index (χ4v) is 10.7. The molecule has 0 aromatic heterocycles. The molecule has 1 amide bonds. The maximum atomic E-state index is 13.6. The minimum atomic E-state index is -4.71. The second-order valence-corrected chi connectivity index (χ2v) is 26.4. The molecular formula is C76H135N2O7P. The molecule has 496 valence electrons. The Hall–Kier alpha value is -3.33. The van der Waals surface area contributed by atoms with Crippen molar-refractivity contribution in [1.82, 2.24) is 5.32 Å². The van der Waals surface area contributed by atoms with Gasteiger partial charge in [-0.05, 0) is 115 Å². The molecule has 0 radical (unpaired) electrons. The Morgan fingerprint density at radius 2 is 0.744 bits per heavy atom. The number of esters is 1. The quantitative estimate of drug-likeness (QED) is 0.0212. The molecule has 1 N–H and O–H groups in total. The molecule has 0 rings (SSSR count). The molecule has 3 atom stereocenters. The molecule has 3 unspecified atom stereocenters. The molecule has 0 aromatic carbocycles. The molecule has 0 bridgehead atoms. The molecule has 10 heteroatoms. The van der Waals surface area contributed by atoms with Crippen molar-refractivity contribution in [3.8, 4) is 0 Å². The first-order valence-electron chi connectivity index (χ1n) is 35.7. The summed E-state index contributed by atoms with van der Waals surface area (Å²) in [5, 5.41) is 3.04. The number of hydrogen-bond acceptors (Lipinski definition) is 7. The number of rotatable bonds is 64. The van der Waals surface area contributed by atoms with Crippen molar-refractivity contribution in [3.05, 3.63) is 109 Å². The highest BCUT2D eigenvalue weighted by atomic mass is 31.2. The van der Waals surface area contributed by atoms with Gasteiger partial charge in [-0.2, -0.15) is 0 Å². The number of nitrogens with zero attached hydrogens (tertiary/aromatic N) is 1. The standard InChI is InChI=1S/C76H135N2O7P/c1-7-10-13-16-19-22-25-28-30-32-34-36-38-39-41-43-45-47-49-51-54-57-60-63-66-69-76(80)85-74(67-64-61-58-55-52-27-24-21-18-15-12-9-3)73(72-84-86(81,82)83-71-70-78(4,5)6)77-75(79)68-65-62-59-56-53-50-48-46-44-42-40-37-35-33-31-29-26-23-20-17-14-11-8-2/h10,13,19-20,22-23,28-31,34-37,39,41,64,67,73-74H,7-9,11-12,14-18,21,24-27,32-33,38,40,42-63,65-66,68-72H2,1-6H3,(H-,77,79,81,82)/b13-10-,22-19-,23-20-,30-28-,31-29-,36-34-,37-35-,41-39-,67-64+. The van der Waals surface area contributed by atoms with E-state index in [-0.39, 0.29) is 24.9 Å². The number of phosphoric acid groups is 1. The van der Waals surface area contributed by atoms with Crippen LogP contribution in [-0.4, -0.2) is 69.4 Å². The minimum Gasteiger partial charge on any atom is -0.756 e. The number of nitrogens with one attached hydrogen (secondary N) is 1. The van der Waals surface area contributed by atoms with Gasteiger partial charge in [-0.1, -0.05) is 291 Å². The summed E-state index contributed by atoms with van der Waals surface area (Å²) in [4.78, 5) is 40.2. The third kappa shape index (κ3) is 65.1. The summed E-state index contributed by atoms with van der Waals surface area (Å²) in [6, 6.07) is -0.901. The average molecular weight is 1220 g/mol. The number of hydrogen-bond donors (Lipinski definition) is 1. The number of allylic oxidation sites excluding steroid dienone is 17. The lowest BCUT2D eigenvalue weighted by atomic mass is 10.0. The van der Waals surface area contributed by atoms with E-state index in [4.69, 9.17) is 13.8 Å². The number of amides is 1. The van der Waals surface area contributed by atoms with Gasteiger partial charge in [0.2, 0.25) is 5.91 Å². The first-order chi connectivity index (χ1) is 41.9. The van der Waals surface area contributed by atoms with Gasteiger partial charge in [0.15, 0.2) is 0 Å². The summed E-state index contributed by atoms with van der Waals surface area (Å²) in [6.07, 6.45) is 89.2. The molecule has 0 aliphatic heterocycles. The summed E-state index contributed by atoms with van der Waals surface area (Å²) < 4.78 is 30.5. The van der Waals surface area contributed by atoms with Gasteiger partial charge in [0.05, 0.1) is 33.8 Å². The van der Waals surface area contributed by atoms with Gasteiger partial charge in [0.25, 0.3) is 7.82 Å². The second-order valence-electron chi connectivity index (χ2n) is 25.0. The number of carbonyl (C=O) groups excluding carboxylic acids is 2. The number of likely N-dealkylation sites (N-methyl/N-ethyl adjacent to an activating group) is 1. The van der Waals surface area contributed by atoms with Gasteiger partial charge in [-0.25, -0.2) is 0 Å². The van der Waals surface area contributed by atoms with E-state index in [0.29, 0.717) is 17.4 Å². The van der Waals surface area contributed by atoms with Crippen LogP contribution in [0.1, 0.15) is 310 Å². The molecule has 9 nitrogen and oxygen atoms in total. The molecule has 0 saturated heterocycles. The maximum Gasteiger partial charge on any atom is 0.306 e. The molecule has 0 heterocycles. The van der Waals surface area contributed by atoms with E-state index < -0.39 is 26.6 Å². The number of phosphoric ester groups is 1. The van der Waals surface area contributed by atoms with E-state index in [2.05, 4.69) is 123 Å². The minimum absolute atomic E-state index is 0.0285. The topological polar surface area (TPSA) is 114 Å². The number of ether oxygens (including phenoxy) is 1. The molecule has 0 spiro atoms. The Morgan fingerprint density at radius 1 is 0.419 bits per heavy atom. The van der Waals surface area contributed by atoms with Gasteiger partial charge >= 0.3 is 5.97 Å². The van der Waals surface area contributed by atoms with Crippen molar-refractivity contribution in [2.45, 2.75) is 322 Å². The Bertz CT molecular complexity index is 1840. The van der Waals surface area contributed by atoms with E-state index in [1.54, 1.807) is 0 Å². The van der Waals surface area contributed by atoms with Crippen LogP contribution >= 0.6 is 7.82 Å². The Labute approximate surface area is 531 Å². The van der Waals surface area contributed by atoms with E-state index in [0.717, 1.165) is 128 Å². The SMILES string of the molecule is CC/C=C\C/C=C\C/C=C\C/C=C\C/C=C\CCCCCCCCCCCC(=O)OC(/C=C/CCCCCCCCCCCC)C(COP(=O)([O-])OCC[N+](C)(C)C)NC(=O)CCCCCCCCCCCC/C=C\C/C=C\C/C=C\CCCCC. The predicted octanol–water partition coefficient (Wildman–Crippen LogP) is 22.2. The molecular weight excluding hydrogens is 1080 g/mol. The fraction of sp³-hybridized carbons (Fsp3) is 0.737. The van der Waals surface area contributed by atoms with Crippen LogP contribution in [0, 0.1) is 0 Å². The van der Waals surface area contributed by atoms with Crippen molar-refractivity contribution in [2.24, 2.45) is 0 Å². The second kappa shape index (κ2) is 64.6. The zero-order chi connectivity index (χ0) is 62.8. The summed E-state index contributed by atoms with van der Waals surface area (Å²) in [5.41, 5.74) is 0. The van der Waals surface area contributed by atoms with Gasteiger partial charge in [-0.15, -0.1) is 0 Å². The number of quaternary nitrogens is 1. The van der Waals surface area contributed by atoms with Crippen LogP contribution in [0.2, 0.25) is 0 Å². The summed E-state index contributed by atoms with van der Waals surface area (Å²) in [5.74, 6) is -0.551. The van der Waals surface area contributed by atoms with Crippen LogP contribution in [-0.2, 0) is 27.9 Å². The maximum absolute atomic E-state index is 13.6. The van der Waals surface area contributed by atoms with Gasteiger partial charge in [0, 0.05) is 12.8 Å². The van der Waals surface area contributed by atoms with Crippen LogP contribution in [0.15, 0.2) is 109 Å². The monoisotopic (exact) mass is 1220 g/mol. The molecule has 0 aromatic rings. The molecule has 0 saturated carbocycles. The molecule has 86 heavy (non-hydrogen) atoms. The van der Waals surface area contributed by atoms with Crippen molar-refractivity contribution in [2.75, 3.05) is 40.9 Å². The largest absolute Gasteiger partial charge is 0.756 e. The molecule has 0 aliphatic rings. The van der Waals surface area contributed by atoms with E-state index in [1.807, 2.05) is 33.3 Å². The smallest absolute Gasteiger partial charge is 0.306 e. The third-order valence-electron chi connectivity index (χ3n) is 15.4. The summed E-state index contributed by atoms with van der Waals surface area (Å²) in [7, 11) is 1.17. The van der Waals surface area contributed by atoms with Crippen LogP contribution in [0.25, 0.3) is 0 Å². The molecule has 0 aliphatic carbocycles. The Balaban J connectivity index is 5.10. The summed E-state index contributed by atoms with van der Waals surface area (Å²) in [6.45, 7) is 6.71. The molecule has 0 fully saturated rings. The highest BCUT2D eigenvalue weighted by Crippen LogP contribution is 2.38. The Morgan fingerprint density at radius 3 is 1.14 bits per heavy atom. The van der Waals surface area contributed by atoms with Crippen LogP contribution in [0.4, 0.5) is 0 Å². The van der Waals surface area contributed by atoms with Crippen LogP contribution in [0.3, 0.4) is 0 Å². The van der Waals surface area contributed by atoms with Crippen LogP contribution < -0.4 is 10.2 Å². The van der Waals surface area contributed by atoms with Gasteiger partial charge < -0.3 is 28.5 Å². The first-order valence-corrected chi connectivity index (χ1v) is 37.2. The lowest BCUT2D eigenvalue weighted by Gasteiger charge is -2.30. The number of carbonyl (C=O) groups is 2. The van der Waals surface area contributed by atoms with Crippen molar-refractivity contribution in [1.29, 1.82) is 0 Å². The van der Waals surface area contributed by atoms with Gasteiger partial charge in [0.1, 0.15) is 19.3 Å². The van der Waals surface area contributed by atoms with Crippen LogP contribution in [0.5, 0.6) is 0 Å². The zero-order valence-electron chi connectivity index (χ0n) is 56.7. The highest BCUT2D eigenvalue weighted by Gasteiger charge is 2.27. The Kier molecular flexibility index (Phi) is 62.1. The normalized spacial score (nSPS) is 14.2.